The number of hydroxylamine groups is 1. The first-order valence-corrected chi connectivity index (χ1v) is 10.7. The molecule has 1 amide bonds. The van der Waals surface area contributed by atoms with Crippen molar-refractivity contribution in [1.29, 1.82) is 0 Å². The van der Waals surface area contributed by atoms with Gasteiger partial charge in [-0.15, -0.1) is 0 Å². The van der Waals surface area contributed by atoms with Crippen LogP contribution in [0.1, 0.15) is 29.8 Å². The highest BCUT2D eigenvalue weighted by atomic mass is 127. The Kier molecular flexibility index (Phi) is 9.88. The van der Waals surface area contributed by atoms with E-state index in [4.69, 9.17) is 14.8 Å². The molecule has 0 bridgehead atoms. The monoisotopic (exact) mass is 581 g/mol. The number of aliphatic hydroxyl groups is 2. The minimum Gasteiger partial charge on any atom is -0.396 e. The second-order valence-corrected chi connectivity index (χ2v) is 8.84. The summed E-state index contributed by atoms with van der Waals surface area (Å²) in [5.41, 5.74) is -0.266. The molecule has 12 heteroatoms. The van der Waals surface area contributed by atoms with Crippen molar-refractivity contribution in [2.45, 2.75) is 13.8 Å². The lowest BCUT2D eigenvalue weighted by molar-refractivity contribution is 0.0168. The Hall–Kier alpha value is -2.42. The van der Waals surface area contributed by atoms with Crippen LogP contribution >= 0.6 is 22.6 Å². The highest BCUT2D eigenvalue weighted by molar-refractivity contribution is 14.1. The zero-order chi connectivity index (χ0) is 24.6. The Morgan fingerprint density at radius 2 is 1.94 bits per heavy atom. The summed E-state index contributed by atoms with van der Waals surface area (Å²) in [6, 6.07) is 5.00. The molecular formula is C21H23F3IN3O5. The molecule has 0 spiro atoms. The van der Waals surface area contributed by atoms with E-state index in [1.807, 2.05) is 28.1 Å². The fourth-order valence-electron chi connectivity index (χ4n) is 2.34. The number of anilines is 2. The molecule has 0 aliphatic carbocycles. The third-order valence-corrected chi connectivity index (χ3v) is 4.85. The number of halogens is 4. The maximum absolute atomic E-state index is 15.0. The molecule has 33 heavy (non-hydrogen) atoms. The van der Waals surface area contributed by atoms with E-state index in [1.165, 1.54) is 18.2 Å². The van der Waals surface area contributed by atoms with E-state index in [-0.39, 0.29) is 25.5 Å². The van der Waals surface area contributed by atoms with Gasteiger partial charge in [-0.2, -0.15) is 0 Å². The summed E-state index contributed by atoms with van der Waals surface area (Å²) >= 11 is 1.89. The summed E-state index contributed by atoms with van der Waals surface area (Å²) < 4.78 is 44.5. The number of aliphatic hydroxyl groups excluding tert-OH is 2. The summed E-state index contributed by atoms with van der Waals surface area (Å²) in [4.78, 5) is 22.3. The van der Waals surface area contributed by atoms with Gasteiger partial charge in [0, 0.05) is 14.5 Å². The van der Waals surface area contributed by atoms with Gasteiger partial charge in [-0.25, -0.2) is 18.7 Å². The van der Waals surface area contributed by atoms with Crippen molar-refractivity contribution in [1.82, 2.24) is 5.48 Å². The van der Waals surface area contributed by atoms with E-state index < -0.39 is 52.2 Å². The molecule has 4 N–H and O–H groups in total. The van der Waals surface area contributed by atoms with Gasteiger partial charge in [0.2, 0.25) is 0 Å². The second kappa shape index (κ2) is 12.2. The molecule has 0 aromatic heterocycles. The smallest absolute Gasteiger partial charge is 0.277 e. The van der Waals surface area contributed by atoms with Gasteiger partial charge in [-0.1, -0.05) is 19.0 Å². The van der Waals surface area contributed by atoms with Crippen LogP contribution in [0, 0.1) is 26.4 Å². The van der Waals surface area contributed by atoms with Crippen LogP contribution in [0.15, 0.2) is 29.4 Å². The number of hydrogen-bond donors (Lipinski definition) is 4. The van der Waals surface area contributed by atoms with Crippen molar-refractivity contribution in [2.24, 2.45) is 10.6 Å². The van der Waals surface area contributed by atoms with Gasteiger partial charge in [-0.05, 0) is 46.9 Å². The van der Waals surface area contributed by atoms with E-state index in [2.05, 4.69) is 10.5 Å². The fraction of sp³-hybridized carbons (Fsp3) is 0.333. The van der Waals surface area contributed by atoms with Crippen LogP contribution in [0.5, 0.6) is 0 Å². The molecule has 2 rings (SSSR count). The van der Waals surface area contributed by atoms with Crippen LogP contribution in [0.2, 0.25) is 0 Å². The number of oxime groups is 1. The highest BCUT2D eigenvalue weighted by Crippen LogP contribution is 2.30. The SMILES string of the molecule is CC(C)(CO)CO/N=C/c1cc(C(=O)NOCCO)c(Nc2ccc(I)cc2F)c(F)c1F. The van der Waals surface area contributed by atoms with Crippen molar-refractivity contribution in [2.75, 3.05) is 31.7 Å². The Morgan fingerprint density at radius 3 is 2.58 bits per heavy atom. The number of nitrogens with one attached hydrogen (secondary N) is 2. The van der Waals surface area contributed by atoms with Crippen molar-refractivity contribution in [3.05, 3.63) is 56.4 Å². The van der Waals surface area contributed by atoms with Crippen molar-refractivity contribution < 1.29 is 37.9 Å². The number of rotatable bonds is 11. The number of hydrogen-bond acceptors (Lipinski definition) is 7. The van der Waals surface area contributed by atoms with Gasteiger partial charge >= 0.3 is 0 Å². The molecule has 0 unspecified atom stereocenters. The van der Waals surface area contributed by atoms with E-state index in [0.717, 1.165) is 12.3 Å². The van der Waals surface area contributed by atoms with Crippen molar-refractivity contribution in [3.63, 3.8) is 0 Å². The largest absolute Gasteiger partial charge is 0.396 e. The predicted octanol–water partition coefficient (Wildman–Crippen LogP) is 3.47. The topological polar surface area (TPSA) is 112 Å². The zero-order valence-corrected chi connectivity index (χ0v) is 20.0. The van der Waals surface area contributed by atoms with Crippen LogP contribution in [0.25, 0.3) is 0 Å². The van der Waals surface area contributed by atoms with Gasteiger partial charge < -0.3 is 20.4 Å². The first-order chi connectivity index (χ1) is 15.6. The summed E-state index contributed by atoms with van der Waals surface area (Å²) in [6.45, 7) is 2.60. The molecule has 0 atom stereocenters. The maximum Gasteiger partial charge on any atom is 0.277 e. The van der Waals surface area contributed by atoms with Gasteiger partial charge in [0.25, 0.3) is 5.91 Å². The van der Waals surface area contributed by atoms with Crippen LogP contribution in [-0.4, -0.2) is 48.8 Å². The lowest BCUT2D eigenvalue weighted by Gasteiger charge is -2.19. The van der Waals surface area contributed by atoms with E-state index in [9.17, 15) is 23.1 Å². The maximum atomic E-state index is 15.0. The molecule has 2 aromatic rings. The summed E-state index contributed by atoms with van der Waals surface area (Å²) in [5, 5.41) is 24.0. The number of carbonyl (C=O) groups is 1. The third kappa shape index (κ3) is 7.55. The highest BCUT2D eigenvalue weighted by Gasteiger charge is 2.24. The molecule has 180 valence electrons. The quantitative estimate of drug-likeness (QED) is 0.140. The molecule has 0 radical (unpaired) electrons. The standard InChI is InChI=1S/C21H23F3IN3O5/c1-21(2,10-30)11-33-26-9-12-7-14(20(31)28-32-6-5-29)19(18(24)17(12)23)27-16-4-3-13(25)8-15(16)22/h3-4,7-9,27,29-30H,5-6,10-11H2,1-2H3,(H,28,31)/b26-9+. The fourth-order valence-corrected chi connectivity index (χ4v) is 2.79. The molecular weight excluding hydrogens is 558 g/mol. The number of nitrogens with zero attached hydrogens (tertiary/aromatic N) is 1. The molecule has 0 saturated heterocycles. The van der Waals surface area contributed by atoms with Gasteiger partial charge in [0.1, 0.15) is 12.4 Å². The third-order valence-electron chi connectivity index (χ3n) is 4.18. The molecule has 0 saturated carbocycles. The van der Waals surface area contributed by atoms with E-state index in [1.54, 1.807) is 13.8 Å². The zero-order valence-electron chi connectivity index (χ0n) is 17.8. The van der Waals surface area contributed by atoms with Crippen LogP contribution in [0.4, 0.5) is 24.5 Å². The molecule has 0 aliphatic rings. The minimum absolute atomic E-state index is 0.00182. The predicted molar refractivity (Wildman–Crippen MR) is 124 cm³/mol. The lowest BCUT2D eigenvalue weighted by Crippen LogP contribution is -2.26. The normalized spacial score (nSPS) is 11.6. The first-order valence-electron chi connectivity index (χ1n) is 9.63. The van der Waals surface area contributed by atoms with Crippen LogP contribution in [0.3, 0.4) is 0 Å². The van der Waals surface area contributed by atoms with E-state index in [0.29, 0.717) is 3.57 Å². The summed E-state index contributed by atoms with van der Waals surface area (Å²) in [5.74, 6) is -4.53. The molecule has 0 aliphatic heterocycles. The Labute approximate surface area is 201 Å². The Bertz CT molecular complexity index is 1020. The van der Waals surface area contributed by atoms with Gasteiger partial charge in [0.05, 0.1) is 43.0 Å². The average molecular weight is 581 g/mol. The molecule has 8 nitrogen and oxygen atoms in total. The number of amides is 1. The van der Waals surface area contributed by atoms with Crippen molar-refractivity contribution >= 4 is 46.1 Å². The average Bonchev–Trinajstić information content (AvgIpc) is 2.77. The second-order valence-electron chi connectivity index (χ2n) is 7.60. The molecule has 2 aromatic carbocycles. The van der Waals surface area contributed by atoms with E-state index >= 15 is 0 Å². The minimum atomic E-state index is -1.46. The molecule has 0 fully saturated rings. The lowest BCUT2D eigenvalue weighted by atomic mass is 9.97. The Balaban J connectivity index is 2.43. The van der Waals surface area contributed by atoms with Gasteiger partial charge in [0.15, 0.2) is 11.6 Å². The molecule has 0 heterocycles. The summed E-state index contributed by atoms with van der Waals surface area (Å²) in [6.07, 6.45) is 0.868. The number of carbonyl (C=O) groups excluding carboxylic acids is 1. The van der Waals surface area contributed by atoms with Gasteiger partial charge in [-0.3, -0.25) is 9.63 Å². The first kappa shape index (κ1) is 26.8. The van der Waals surface area contributed by atoms with Crippen LogP contribution in [-0.2, 0) is 9.68 Å². The number of benzene rings is 2. The summed E-state index contributed by atoms with van der Waals surface area (Å²) in [7, 11) is 0. The van der Waals surface area contributed by atoms with Crippen molar-refractivity contribution in [3.8, 4) is 0 Å². The Morgan fingerprint density at radius 1 is 1.21 bits per heavy atom. The van der Waals surface area contributed by atoms with Crippen LogP contribution < -0.4 is 10.8 Å².